The lowest BCUT2D eigenvalue weighted by Gasteiger charge is -2.09. The number of carbonyl (C=O) groups is 2. The fourth-order valence-electron chi connectivity index (χ4n) is 3.28. The van der Waals surface area contributed by atoms with Gasteiger partial charge in [-0.2, -0.15) is 0 Å². The van der Waals surface area contributed by atoms with Crippen LogP contribution in [0.1, 0.15) is 20.7 Å². The number of carbonyl (C=O) groups excluding carboxylic acids is 2. The minimum absolute atomic E-state index is 0.0238. The number of nitrogens with two attached hydrogens (primary N) is 1. The number of non-ortho nitro benzene ring substituents is 1. The molecule has 4 rings (SSSR count). The Bertz CT molecular complexity index is 1670. The van der Waals surface area contributed by atoms with Crippen molar-refractivity contribution in [2.75, 3.05) is 10.6 Å². The highest BCUT2D eigenvalue weighted by Crippen LogP contribution is 2.35. The Morgan fingerprint density at radius 2 is 1.61 bits per heavy atom. The molecule has 15 heteroatoms. The van der Waals surface area contributed by atoms with Gasteiger partial charge in [-0.1, -0.05) is 28.4 Å². The van der Waals surface area contributed by atoms with Gasteiger partial charge < -0.3 is 9.84 Å². The van der Waals surface area contributed by atoms with Gasteiger partial charge in [-0.05, 0) is 54.6 Å². The lowest BCUT2D eigenvalue weighted by molar-refractivity contribution is -0.384. The number of nitrogens with one attached hydrogen (secondary N) is 2. The van der Waals surface area contributed by atoms with E-state index in [1.54, 1.807) is 0 Å². The molecule has 0 aliphatic rings. The highest BCUT2D eigenvalue weighted by atomic mass is 35.5. The first-order valence-electron chi connectivity index (χ1n) is 10.4. The predicted octanol–water partition coefficient (Wildman–Crippen LogP) is 4.71. The molecule has 0 unspecified atom stereocenters. The average Bonchev–Trinajstić information content (AvgIpc) is 3.27. The smallest absolute Gasteiger partial charge is 0.269 e. The third-order valence-electron chi connectivity index (χ3n) is 5.11. The van der Waals surface area contributed by atoms with Crippen LogP contribution in [0.4, 0.5) is 17.3 Å². The van der Waals surface area contributed by atoms with E-state index in [0.29, 0.717) is 5.02 Å². The maximum atomic E-state index is 13.3. The van der Waals surface area contributed by atoms with Crippen LogP contribution in [0.2, 0.25) is 10.0 Å². The fraction of sp³-hybridized carbons (Fsp3) is 0. The van der Waals surface area contributed by atoms with Crippen LogP contribution in [0, 0.1) is 10.1 Å². The van der Waals surface area contributed by atoms with Gasteiger partial charge >= 0.3 is 0 Å². The minimum atomic E-state index is -3.94. The van der Waals surface area contributed by atoms with Gasteiger partial charge in [0.15, 0.2) is 0 Å². The Morgan fingerprint density at radius 3 is 2.18 bits per heavy atom. The van der Waals surface area contributed by atoms with Gasteiger partial charge in [0, 0.05) is 34.0 Å². The molecular weight excluding hydrogens is 561 g/mol. The lowest BCUT2D eigenvalue weighted by atomic mass is 10.1. The largest absolute Gasteiger partial charge is 0.337 e. The van der Waals surface area contributed by atoms with Crippen molar-refractivity contribution in [2.45, 2.75) is 4.90 Å². The lowest BCUT2D eigenvalue weighted by Crippen LogP contribution is -2.18. The molecule has 38 heavy (non-hydrogen) atoms. The first-order valence-corrected chi connectivity index (χ1v) is 12.7. The fourth-order valence-corrected chi connectivity index (χ4v) is 4.30. The minimum Gasteiger partial charge on any atom is -0.337 e. The molecule has 4 N–H and O–H groups in total. The topological polar surface area (TPSA) is 188 Å². The Morgan fingerprint density at radius 1 is 0.947 bits per heavy atom. The molecule has 0 aliphatic heterocycles. The molecule has 0 spiro atoms. The third-order valence-corrected chi connectivity index (χ3v) is 6.59. The molecule has 0 saturated carbocycles. The molecule has 1 aromatic heterocycles. The molecule has 4 aromatic rings. The van der Waals surface area contributed by atoms with Gasteiger partial charge in [0.05, 0.1) is 14.8 Å². The highest BCUT2D eigenvalue weighted by molar-refractivity contribution is 7.89. The van der Waals surface area contributed by atoms with Crippen LogP contribution in [0.25, 0.3) is 11.3 Å². The van der Waals surface area contributed by atoms with Crippen molar-refractivity contribution < 1.29 is 27.5 Å². The number of halogens is 2. The molecule has 1 heterocycles. The number of primary sulfonamides is 1. The molecule has 3 aromatic carbocycles. The summed E-state index contributed by atoms with van der Waals surface area (Å²) >= 11 is 12.3. The summed E-state index contributed by atoms with van der Waals surface area (Å²) in [5.74, 6) is -1.86. The second-order valence-electron chi connectivity index (χ2n) is 7.64. The van der Waals surface area contributed by atoms with Crippen LogP contribution in [-0.4, -0.2) is 30.3 Å². The number of aromatic nitrogens is 1. The van der Waals surface area contributed by atoms with Crippen LogP contribution in [-0.2, 0) is 10.0 Å². The van der Waals surface area contributed by atoms with E-state index in [2.05, 4.69) is 15.8 Å². The zero-order valence-corrected chi connectivity index (χ0v) is 21.2. The van der Waals surface area contributed by atoms with E-state index in [9.17, 15) is 28.1 Å². The van der Waals surface area contributed by atoms with E-state index in [0.717, 1.165) is 12.1 Å². The normalized spacial score (nSPS) is 11.1. The van der Waals surface area contributed by atoms with Gasteiger partial charge in [-0.15, -0.1) is 0 Å². The van der Waals surface area contributed by atoms with E-state index in [1.807, 2.05) is 0 Å². The van der Waals surface area contributed by atoms with Gasteiger partial charge in [0.2, 0.25) is 15.9 Å². The Balaban J connectivity index is 1.70. The molecule has 194 valence electrons. The number of sulfonamides is 1. The quantitative estimate of drug-likeness (QED) is 0.208. The van der Waals surface area contributed by atoms with E-state index in [1.165, 1.54) is 54.6 Å². The molecule has 0 saturated heterocycles. The molecule has 0 fully saturated rings. The Hall–Kier alpha value is -4.30. The molecular formula is C23H15Cl2N5O7S. The monoisotopic (exact) mass is 575 g/mol. The van der Waals surface area contributed by atoms with E-state index in [-0.39, 0.29) is 49.6 Å². The van der Waals surface area contributed by atoms with Crippen molar-refractivity contribution in [1.29, 1.82) is 0 Å². The van der Waals surface area contributed by atoms with Crippen LogP contribution in [0.15, 0.2) is 76.1 Å². The number of anilines is 2. The second kappa shape index (κ2) is 10.6. The molecule has 0 radical (unpaired) electrons. The summed E-state index contributed by atoms with van der Waals surface area (Å²) in [4.78, 5) is 36.2. The number of nitrogens with zero attached hydrogens (tertiary/aromatic N) is 2. The first kappa shape index (κ1) is 26.8. The van der Waals surface area contributed by atoms with E-state index >= 15 is 0 Å². The van der Waals surface area contributed by atoms with Gasteiger partial charge in [-0.3, -0.25) is 25.0 Å². The summed E-state index contributed by atoms with van der Waals surface area (Å²) in [6, 6.07) is 14.2. The summed E-state index contributed by atoms with van der Waals surface area (Å²) in [6.45, 7) is 0. The molecule has 0 atom stereocenters. The number of rotatable bonds is 7. The van der Waals surface area contributed by atoms with Gasteiger partial charge in [-0.25, -0.2) is 13.6 Å². The molecule has 2 amide bonds. The number of hydrogen-bond donors (Lipinski definition) is 3. The molecule has 0 bridgehead atoms. The maximum Gasteiger partial charge on any atom is 0.269 e. The number of amides is 2. The summed E-state index contributed by atoms with van der Waals surface area (Å²) < 4.78 is 28.3. The van der Waals surface area contributed by atoms with Crippen molar-refractivity contribution in [3.8, 4) is 11.3 Å². The summed E-state index contributed by atoms with van der Waals surface area (Å²) in [6.07, 6.45) is 0. The first-order chi connectivity index (χ1) is 17.9. The summed E-state index contributed by atoms with van der Waals surface area (Å²) in [5, 5.41) is 25.4. The van der Waals surface area contributed by atoms with E-state index in [4.69, 9.17) is 32.9 Å². The Kier molecular flexibility index (Phi) is 7.46. The third kappa shape index (κ3) is 5.81. The zero-order valence-electron chi connectivity index (χ0n) is 18.8. The maximum absolute atomic E-state index is 13.3. The van der Waals surface area contributed by atoms with Gasteiger partial charge in [0.25, 0.3) is 17.5 Å². The van der Waals surface area contributed by atoms with Crippen molar-refractivity contribution in [3.63, 3.8) is 0 Å². The Labute approximate surface area is 224 Å². The van der Waals surface area contributed by atoms with Crippen LogP contribution in [0.3, 0.4) is 0 Å². The molecule has 12 nitrogen and oxygen atoms in total. The number of nitro groups is 1. The van der Waals surface area contributed by atoms with Crippen molar-refractivity contribution in [1.82, 2.24) is 5.16 Å². The average molecular weight is 576 g/mol. The predicted molar refractivity (Wildman–Crippen MR) is 139 cm³/mol. The number of benzene rings is 3. The van der Waals surface area contributed by atoms with Crippen molar-refractivity contribution in [2.24, 2.45) is 5.14 Å². The molecule has 0 aliphatic carbocycles. The standard InChI is InChI=1S/C23H15Cl2N5O7S/c24-13-3-10-17(18(25)11-13)20-19(22(32)27-14-4-8-16(9-5-14)38(26,35)36)23(37-29-20)28-21(31)12-1-6-15(7-2-12)30(33)34/h1-11H,(H,27,32)(H,28,31)(H2,26,35,36). The number of hydrogen-bond acceptors (Lipinski definition) is 8. The van der Waals surface area contributed by atoms with Crippen molar-refractivity contribution >= 4 is 62.3 Å². The van der Waals surface area contributed by atoms with E-state index < -0.39 is 26.8 Å². The van der Waals surface area contributed by atoms with Crippen molar-refractivity contribution in [3.05, 3.63) is 98.0 Å². The highest BCUT2D eigenvalue weighted by Gasteiger charge is 2.27. The second-order valence-corrected chi connectivity index (χ2v) is 10.0. The summed E-state index contributed by atoms with van der Waals surface area (Å²) in [5.41, 5.74) is 0.0662. The number of nitro benzene ring substituents is 1. The van der Waals surface area contributed by atoms with Crippen LogP contribution < -0.4 is 15.8 Å². The SMILES string of the molecule is NS(=O)(=O)c1ccc(NC(=O)c2c(-c3ccc(Cl)cc3Cl)noc2NC(=O)c2ccc([N+](=O)[O-])cc2)cc1. The van der Waals surface area contributed by atoms with Crippen LogP contribution in [0.5, 0.6) is 0 Å². The van der Waals surface area contributed by atoms with Crippen LogP contribution >= 0.6 is 23.2 Å². The zero-order chi connectivity index (χ0) is 27.6. The summed E-state index contributed by atoms with van der Waals surface area (Å²) in [7, 11) is -3.94. The van der Waals surface area contributed by atoms with Gasteiger partial charge in [0.1, 0.15) is 11.3 Å².